The molecule has 0 bridgehead atoms. The average Bonchev–Trinajstić information content (AvgIpc) is 2.62. The molecule has 7 heteroatoms. The second-order valence-corrected chi connectivity index (χ2v) is 6.00. The predicted molar refractivity (Wildman–Crippen MR) is 91.1 cm³/mol. The molecule has 1 fully saturated rings. The van der Waals surface area contributed by atoms with Gasteiger partial charge in [0.2, 0.25) is 11.9 Å². The van der Waals surface area contributed by atoms with Crippen LogP contribution in [0.3, 0.4) is 0 Å². The Morgan fingerprint density at radius 2 is 1.80 bits per heavy atom. The van der Waals surface area contributed by atoms with E-state index in [0.29, 0.717) is 13.1 Å². The van der Waals surface area contributed by atoms with Crippen LogP contribution >= 0.6 is 0 Å². The lowest BCUT2D eigenvalue weighted by molar-refractivity contribution is -0.122. The highest BCUT2D eigenvalue weighted by atomic mass is 19.1. The maximum atomic E-state index is 13.2. The largest absolute Gasteiger partial charge is 0.369 e. The van der Waals surface area contributed by atoms with Gasteiger partial charge < -0.3 is 10.2 Å². The highest BCUT2D eigenvalue weighted by Crippen LogP contribution is 2.16. The number of piperazine rings is 1. The first-order chi connectivity index (χ1) is 12.1. The monoisotopic (exact) mass is 346 g/mol. The Labute approximate surface area is 145 Å². The van der Waals surface area contributed by atoms with Crippen molar-refractivity contribution in [2.45, 2.75) is 6.54 Å². The molecule has 0 unspecified atom stereocenters. The van der Waals surface area contributed by atoms with Gasteiger partial charge >= 0.3 is 0 Å². The molecule has 1 aliphatic rings. The Morgan fingerprint density at radius 1 is 1.08 bits per heavy atom. The average molecular weight is 346 g/mol. The minimum absolute atomic E-state index is 0.0623. The van der Waals surface area contributed by atoms with E-state index in [4.69, 9.17) is 0 Å². The van der Waals surface area contributed by atoms with Crippen molar-refractivity contribution < 1.29 is 13.6 Å². The fourth-order valence-corrected chi connectivity index (χ4v) is 2.82. The molecule has 0 saturated carbocycles. The van der Waals surface area contributed by atoms with Crippen LogP contribution < -0.4 is 10.2 Å². The molecule has 25 heavy (non-hydrogen) atoms. The normalized spacial score (nSPS) is 15.2. The Hall–Kier alpha value is -2.54. The van der Waals surface area contributed by atoms with Crippen LogP contribution in [0.25, 0.3) is 0 Å². The van der Waals surface area contributed by atoms with Crippen molar-refractivity contribution in [3.8, 4) is 0 Å². The molecule has 0 radical (unpaired) electrons. The smallest absolute Gasteiger partial charge is 0.234 e. The van der Waals surface area contributed by atoms with Gasteiger partial charge in [-0.15, -0.1) is 0 Å². The van der Waals surface area contributed by atoms with Gasteiger partial charge in [-0.2, -0.15) is 4.39 Å². The van der Waals surface area contributed by atoms with Crippen LogP contribution in [0.4, 0.5) is 14.5 Å². The quantitative estimate of drug-likeness (QED) is 0.839. The summed E-state index contributed by atoms with van der Waals surface area (Å²) in [6, 6.07) is 9.27. The second kappa shape index (κ2) is 8.02. The summed E-state index contributed by atoms with van der Waals surface area (Å²) < 4.78 is 26.0. The van der Waals surface area contributed by atoms with Crippen molar-refractivity contribution >= 4 is 11.6 Å². The molecular formula is C18H20F2N4O. The number of nitrogens with zero attached hydrogens (tertiary/aromatic N) is 3. The number of benzene rings is 1. The molecule has 1 aliphatic heterocycles. The predicted octanol–water partition coefficient (Wildman–Crippen LogP) is 1.80. The van der Waals surface area contributed by atoms with Crippen LogP contribution in [0.2, 0.25) is 0 Å². The first-order valence-electron chi connectivity index (χ1n) is 8.20. The second-order valence-electron chi connectivity index (χ2n) is 6.00. The first-order valence-corrected chi connectivity index (χ1v) is 8.20. The molecule has 0 atom stereocenters. The third-order valence-corrected chi connectivity index (χ3v) is 4.22. The molecule has 1 aromatic heterocycles. The molecule has 1 amide bonds. The van der Waals surface area contributed by atoms with Gasteiger partial charge in [0.15, 0.2) is 0 Å². The van der Waals surface area contributed by atoms with Gasteiger partial charge in [0.25, 0.3) is 0 Å². The minimum atomic E-state index is -0.486. The standard InChI is InChI=1S/C18H20F2N4O/c19-15-3-1-14(2-4-15)12-22-18(25)13-23-7-9-24(10-8-23)16-5-6-21-17(20)11-16/h1-6,11H,7-10,12-13H2,(H,22,25). The summed E-state index contributed by atoms with van der Waals surface area (Å²) in [5, 5.41) is 2.84. The lowest BCUT2D eigenvalue weighted by atomic mass is 10.2. The Balaban J connectivity index is 1.42. The van der Waals surface area contributed by atoms with Gasteiger partial charge in [-0.1, -0.05) is 12.1 Å². The molecule has 3 rings (SSSR count). The summed E-state index contributed by atoms with van der Waals surface area (Å²) in [7, 11) is 0. The SMILES string of the molecule is O=C(CN1CCN(c2ccnc(F)c2)CC1)NCc1ccc(F)cc1. The zero-order chi connectivity index (χ0) is 17.6. The molecule has 1 saturated heterocycles. The van der Waals surface area contributed by atoms with Gasteiger partial charge in [0, 0.05) is 50.7 Å². The fraction of sp³-hybridized carbons (Fsp3) is 0.333. The number of aromatic nitrogens is 1. The Kier molecular flexibility index (Phi) is 5.55. The van der Waals surface area contributed by atoms with E-state index in [0.717, 1.165) is 37.4 Å². The van der Waals surface area contributed by atoms with E-state index in [1.165, 1.54) is 24.4 Å². The van der Waals surface area contributed by atoms with E-state index in [-0.39, 0.29) is 11.7 Å². The zero-order valence-electron chi connectivity index (χ0n) is 13.8. The van der Waals surface area contributed by atoms with Crippen molar-refractivity contribution in [2.24, 2.45) is 0 Å². The number of nitrogens with one attached hydrogen (secondary N) is 1. The van der Waals surface area contributed by atoms with Gasteiger partial charge in [-0.25, -0.2) is 9.37 Å². The molecule has 5 nitrogen and oxygen atoms in total. The lowest BCUT2D eigenvalue weighted by Crippen LogP contribution is -2.49. The number of hydrogen-bond donors (Lipinski definition) is 1. The van der Waals surface area contributed by atoms with E-state index in [2.05, 4.69) is 20.1 Å². The van der Waals surface area contributed by atoms with E-state index in [9.17, 15) is 13.6 Å². The molecule has 2 heterocycles. The summed E-state index contributed by atoms with van der Waals surface area (Å²) >= 11 is 0. The molecular weight excluding hydrogens is 326 g/mol. The third-order valence-electron chi connectivity index (χ3n) is 4.22. The van der Waals surface area contributed by atoms with Crippen LogP contribution in [0.5, 0.6) is 0 Å². The van der Waals surface area contributed by atoms with Crippen LogP contribution in [0.1, 0.15) is 5.56 Å². The summed E-state index contributed by atoms with van der Waals surface area (Å²) in [5.41, 5.74) is 1.67. The maximum Gasteiger partial charge on any atom is 0.234 e. The molecule has 1 N–H and O–H groups in total. The topological polar surface area (TPSA) is 48.5 Å². The van der Waals surface area contributed by atoms with E-state index >= 15 is 0 Å². The lowest BCUT2D eigenvalue weighted by Gasteiger charge is -2.35. The van der Waals surface area contributed by atoms with Crippen LogP contribution in [0, 0.1) is 11.8 Å². The number of carbonyl (C=O) groups is 1. The van der Waals surface area contributed by atoms with Gasteiger partial charge in [0.1, 0.15) is 5.82 Å². The van der Waals surface area contributed by atoms with E-state index in [1.807, 2.05) is 0 Å². The summed E-state index contributed by atoms with van der Waals surface area (Å²) in [6.07, 6.45) is 1.46. The van der Waals surface area contributed by atoms with Crippen molar-refractivity contribution in [3.63, 3.8) is 0 Å². The Morgan fingerprint density at radius 3 is 2.48 bits per heavy atom. The van der Waals surface area contributed by atoms with E-state index < -0.39 is 5.95 Å². The number of amides is 1. The molecule has 2 aromatic rings. The number of pyridine rings is 1. The van der Waals surface area contributed by atoms with Gasteiger partial charge in [0.05, 0.1) is 6.54 Å². The summed E-state index contributed by atoms with van der Waals surface area (Å²) in [6.45, 7) is 3.63. The van der Waals surface area contributed by atoms with Crippen molar-refractivity contribution in [1.82, 2.24) is 15.2 Å². The highest BCUT2D eigenvalue weighted by Gasteiger charge is 2.19. The number of carbonyl (C=O) groups excluding carboxylic acids is 1. The highest BCUT2D eigenvalue weighted by molar-refractivity contribution is 5.78. The van der Waals surface area contributed by atoms with Crippen LogP contribution in [0.15, 0.2) is 42.6 Å². The molecule has 0 spiro atoms. The van der Waals surface area contributed by atoms with Crippen molar-refractivity contribution in [3.05, 3.63) is 59.9 Å². The Bertz CT molecular complexity index is 715. The third kappa shape index (κ3) is 4.96. The summed E-state index contributed by atoms with van der Waals surface area (Å²) in [4.78, 5) is 19.8. The maximum absolute atomic E-state index is 13.2. The number of rotatable bonds is 5. The van der Waals surface area contributed by atoms with Crippen molar-refractivity contribution in [1.29, 1.82) is 0 Å². The molecule has 132 valence electrons. The summed E-state index contributed by atoms with van der Waals surface area (Å²) in [5.74, 6) is -0.838. The first kappa shape index (κ1) is 17.3. The minimum Gasteiger partial charge on any atom is -0.369 e. The van der Waals surface area contributed by atoms with Crippen LogP contribution in [-0.4, -0.2) is 48.5 Å². The molecule has 1 aromatic carbocycles. The molecule has 0 aliphatic carbocycles. The number of anilines is 1. The van der Waals surface area contributed by atoms with Crippen LogP contribution in [-0.2, 0) is 11.3 Å². The number of hydrogen-bond acceptors (Lipinski definition) is 4. The van der Waals surface area contributed by atoms with Gasteiger partial charge in [-0.05, 0) is 23.8 Å². The zero-order valence-corrected chi connectivity index (χ0v) is 13.8. The number of halogens is 2. The van der Waals surface area contributed by atoms with Crippen molar-refractivity contribution in [2.75, 3.05) is 37.6 Å². The van der Waals surface area contributed by atoms with E-state index in [1.54, 1.807) is 18.2 Å². The van der Waals surface area contributed by atoms with Gasteiger partial charge in [-0.3, -0.25) is 9.69 Å². The fourth-order valence-electron chi connectivity index (χ4n) is 2.82.